The van der Waals surface area contributed by atoms with Crippen LogP contribution in [-0.4, -0.2) is 30.7 Å². The number of fused-ring (bicyclic) bond motifs is 1. The Morgan fingerprint density at radius 1 is 1.20 bits per heavy atom. The van der Waals surface area contributed by atoms with Crippen LogP contribution in [0.3, 0.4) is 0 Å². The van der Waals surface area contributed by atoms with Gasteiger partial charge in [-0.25, -0.2) is 0 Å². The molecule has 0 N–H and O–H groups in total. The lowest BCUT2D eigenvalue weighted by Gasteiger charge is -2.28. The zero-order chi connectivity index (χ0) is 21.1. The summed E-state index contributed by atoms with van der Waals surface area (Å²) in [6, 6.07) is 15.2. The molecule has 3 aromatic rings. The van der Waals surface area contributed by atoms with E-state index in [1.165, 1.54) is 12.0 Å². The first-order valence-electron chi connectivity index (χ1n) is 9.38. The Balaban J connectivity index is 1.44. The number of methoxy groups -OCH3 is 1. The summed E-state index contributed by atoms with van der Waals surface area (Å²) < 4.78 is 10.2. The summed E-state index contributed by atoms with van der Waals surface area (Å²) in [5.41, 5.74) is 3.58. The second kappa shape index (κ2) is 8.93. The molecule has 1 aliphatic heterocycles. The van der Waals surface area contributed by atoms with Crippen molar-refractivity contribution in [3.63, 3.8) is 0 Å². The largest absolute Gasteiger partial charge is 0.468 e. The Hall–Kier alpha value is -2.77. The first-order valence-corrected chi connectivity index (χ1v) is 10.7. The molecule has 0 saturated carbocycles. The van der Waals surface area contributed by atoms with Crippen molar-refractivity contribution in [1.82, 2.24) is 5.16 Å². The van der Waals surface area contributed by atoms with E-state index >= 15 is 0 Å². The Bertz CT molecular complexity index is 1080. The predicted molar refractivity (Wildman–Crippen MR) is 116 cm³/mol. The molecule has 6 nitrogen and oxygen atoms in total. The van der Waals surface area contributed by atoms with Gasteiger partial charge in [0.15, 0.2) is 5.76 Å². The highest BCUT2D eigenvalue weighted by molar-refractivity contribution is 7.98. The van der Waals surface area contributed by atoms with E-state index in [9.17, 15) is 9.59 Å². The van der Waals surface area contributed by atoms with Crippen LogP contribution in [0.4, 0.5) is 5.69 Å². The lowest BCUT2D eigenvalue weighted by atomic mass is 10.0. The van der Waals surface area contributed by atoms with Gasteiger partial charge < -0.3 is 14.2 Å². The van der Waals surface area contributed by atoms with Crippen molar-refractivity contribution in [1.29, 1.82) is 0 Å². The number of hydrogen-bond donors (Lipinski definition) is 0. The van der Waals surface area contributed by atoms with Crippen LogP contribution in [0.2, 0.25) is 5.02 Å². The third-order valence-corrected chi connectivity index (χ3v) is 6.12. The molecule has 0 spiro atoms. The number of aryl methyl sites for hydroxylation is 1. The van der Waals surface area contributed by atoms with Crippen LogP contribution in [0.5, 0.6) is 0 Å². The molecular weight excluding hydrogens is 424 g/mol. The SMILES string of the molecule is COC(=O)CN1C(=O)CCc2cc(SCc3cc(-c4ccc(Cl)cc4)on3)ccc21. The zero-order valence-electron chi connectivity index (χ0n) is 16.3. The van der Waals surface area contributed by atoms with E-state index in [1.54, 1.807) is 11.8 Å². The van der Waals surface area contributed by atoms with Gasteiger partial charge in [0.1, 0.15) is 6.54 Å². The minimum absolute atomic E-state index is 0.0642. The summed E-state index contributed by atoms with van der Waals surface area (Å²) >= 11 is 7.57. The number of halogens is 1. The van der Waals surface area contributed by atoms with Crippen molar-refractivity contribution in [2.75, 3.05) is 18.6 Å². The number of carbonyl (C=O) groups excluding carboxylic acids is 2. The summed E-state index contributed by atoms with van der Waals surface area (Å²) in [4.78, 5) is 26.4. The van der Waals surface area contributed by atoms with Gasteiger partial charge in [-0.2, -0.15) is 0 Å². The summed E-state index contributed by atoms with van der Waals surface area (Å²) in [6.07, 6.45) is 1.04. The first kappa shape index (κ1) is 20.5. The van der Waals surface area contributed by atoms with Gasteiger partial charge in [0.2, 0.25) is 5.91 Å². The van der Waals surface area contributed by atoms with E-state index in [2.05, 4.69) is 11.2 Å². The molecule has 0 fully saturated rings. The van der Waals surface area contributed by atoms with Crippen LogP contribution in [0.15, 0.2) is 57.9 Å². The topological polar surface area (TPSA) is 72.6 Å². The number of amides is 1. The highest BCUT2D eigenvalue weighted by atomic mass is 35.5. The van der Waals surface area contributed by atoms with Crippen molar-refractivity contribution < 1.29 is 18.8 Å². The molecule has 0 aliphatic carbocycles. The fourth-order valence-electron chi connectivity index (χ4n) is 3.28. The molecule has 8 heteroatoms. The number of thioether (sulfide) groups is 1. The van der Waals surface area contributed by atoms with Gasteiger partial charge in [0.05, 0.1) is 12.8 Å². The van der Waals surface area contributed by atoms with Crippen molar-refractivity contribution in [2.24, 2.45) is 0 Å². The monoisotopic (exact) mass is 442 g/mol. The normalized spacial score (nSPS) is 13.3. The second-order valence-electron chi connectivity index (χ2n) is 6.82. The van der Waals surface area contributed by atoms with Gasteiger partial charge >= 0.3 is 5.97 Å². The summed E-state index contributed by atoms with van der Waals surface area (Å²) in [5.74, 6) is 0.855. The van der Waals surface area contributed by atoms with Crippen LogP contribution >= 0.6 is 23.4 Å². The molecule has 0 radical (unpaired) electrons. The van der Waals surface area contributed by atoms with Crippen LogP contribution in [0, 0.1) is 0 Å². The minimum Gasteiger partial charge on any atom is -0.468 e. The first-order chi connectivity index (χ1) is 14.5. The minimum atomic E-state index is -0.433. The number of carbonyl (C=O) groups is 2. The van der Waals surface area contributed by atoms with E-state index in [0.29, 0.717) is 29.4 Å². The molecule has 4 rings (SSSR count). The third kappa shape index (κ3) is 4.52. The highest BCUT2D eigenvalue weighted by Crippen LogP contribution is 2.33. The zero-order valence-corrected chi connectivity index (χ0v) is 17.8. The molecule has 0 saturated heterocycles. The quantitative estimate of drug-likeness (QED) is 0.405. The number of anilines is 1. The van der Waals surface area contributed by atoms with Gasteiger partial charge in [0, 0.05) is 39.4 Å². The standard InChI is InChI=1S/C22H19ClN2O4S/c1-28-22(27)12-25-19-8-7-18(10-15(19)4-9-21(25)26)30-13-17-11-20(29-24-17)14-2-5-16(23)6-3-14/h2-3,5-8,10-11H,4,9,12-13H2,1H3. The smallest absolute Gasteiger partial charge is 0.325 e. The van der Waals surface area contributed by atoms with E-state index in [4.69, 9.17) is 20.9 Å². The summed E-state index contributed by atoms with van der Waals surface area (Å²) in [7, 11) is 1.32. The maximum atomic E-state index is 12.2. The van der Waals surface area contributed by atoms with E-state index in [1.807, 2.05) is 42.5 Å². The number of esters is 1. The summed E-state index contributed by atoms with van der Waals surface area (Å²) in [5, 5.41) is 4.82. The second-order valence-corrected chi connectivity index (χ2v) is 8.31. The van der Waals surface area contributed by atoms with E-state index < -0.39 is 5.97 Å². The fourth-order valence-corrected chi connectivity index (χ4v) is 4.25. The highest BCUT2D eigenvalue weighted by Gasteiger charge is 2.26. The van der Waals surface area contributed by atoms with Crippen molar-refractivity contribution in [2.45, 2.75) is 23.5 Å². The molecule has 1 aliphatic rings. The Morgan fingerprint density at radius 2 is 2.00 bits per heavy atom. The Kier molecular flexibility index (Phi) is 6.11. The van der Waals surface area contributed by atoms with Gasteiger partial charge in [0.25, 0.3) is 0 Å². The molecule has 2 heterocycles. The number of benzene rings is 2. The molecule has 30 heavy (non-hydrogen) atoms. The lowest BCUT2D eigenvalue weighted by molar-refractivity contribution is -0.140. The van der Waals surface area contributed by atoms with Crippen molar-refractivity contribution in [3.05, 3.63) is 64.8 Å². The number of aromatic nitrogens is 1. The Morgan fingerprint density at radius 3 is 2.77 bits per heavy atom. The molecule has 0 unspecified atom stereocenters. The molecule has 154 valence electrons. The van der Waals surface area contributed by atoms with Gasteiger partial charge in [-0.05, 0) is 54.4 Å². The average Bonchev–Trinajstić information content (AvgIpc) is 3.23. The molecule has 0 atom stereocenters. The maximum absolute atomic E-state index is 12.2. The third-order valence-electron chi connectivity index (χ3n) is 4.84. The molecule has 0 bridgehead atoms. The summed E-state index contributed by atoms with van der Waals surface area (Å²) in [6.45, 7) is -0.0682. The molecule has 1 amide bonds. The van der Waals surface area contributed by atoms with E-state index in [-0.39, 0.29) is 12.5 Å². The lowest BCUT2D eigenvalue weighted by Crippen LogP contribution is -2.39. The van der Waals surface area contributed by atoms with Crippen molar-refractivity contribution >= 4 is 40.9 Å². The number of hydrogen-bond acceptors (Lipinski definition) is 6. The van der Waals surface area contributed by atoms with Crippen molar-refractivity contribution in [3.8, 4) is 11.3 Å². The number of nitrogens with zero attached hydrogens (tertiary/aromatic N) is 2. The van der Waals surface area contributed by atoms with Crippen LogP contribution < -0.4 is 4.90 Å². The van der Waals surface area contributed by atoms with Crippen LogP contribution in [-0.2, 0) is 26.5 Å². The molecule has 2 aromatic carbocycles. The van der Waals surface area contributed by atoms with Gasteiger partial charge in [-0.15, -0.1) is 11.8 Å². The molecule has 1 aromatic heterocycles. The Labute approximate surface area is 183 Å². The van der Waals surface area contributed by atoms with E-state index in [0.717, 1.165) is 27.4 Å². The maximum Gasteiger partial charge on any atom is 0.325 e. The van der Waals surface area contributed by atoms with Crippen LogP contribution in [0.25, 0.3) is 11.3 Å². The van der Waals surface area contributed by atoms with Gasteiger partial charge in [-0.3, -0.25) is 9.59 Å². The van der Waals surface area contributed by atoms with Crippen LogP contribution in [0.1, 0.15) is 17.7 Å². The fraction of sp³-hybridized carbons (Fsp3) is 0.227. The predicted octanol–water partition coefficient (Wildman–Crippen LogP) is 4.74. The molecular formula is C22H19ClN2O4S. The average molecular weight is 443 g/mol. The number of rotatable bonds is 6. The number of ether oxygens (including phenoxy) is 1. The van der Waals surface area contributed by atoms with Gasteiger partial charge in [-0.1, -0.05) is 16.8 Å².